The molecule has 0 bridgehead atoms. The van der Waals surface area contributed by atoms with Crippen molar-refractivity contribution in [1.29, 1.82) is 0 Å². The Bertz CT molecular complexity index is 1110. The minimum absolute atomic E-state index is 0.103. The first kappa shape index (κ1) is 22.7. The summed E-state index contributed by atoms with van der Waals surface area (Å²) in [7, 11) is 0. The lowest BCUT2D eigenvalue weighted by molar-refractivity contribution is -0.151. The molecule has 0 saturated heterocycles. The number of rotatable bonds is 3. The van der Waals surface area contributed by atoms with Gasteiger partial charge in [-0.25, -0.2) is 4.68 Å². The van der Waals surface area contributed by atoms with E-state index in [4.69, 9.17) is 0 Å². The third kappa shape index (κ3) is 3.18. The van der Waals surface area contributed by atoms with Gasteiger partial charge in [-0.2, -0.15) is 0 Å². The summed E-state index contributed by atoms with van der Waals surface area (Å²) in [5, 5.41) is 19.4. The van der Waals surface area contributed by atoms with Gasteiger partial charge in [0.15, 0.2) is 5.78 Å². The molecule has 5 nitrogen and oxygen atoms in total. The van der Waals surface area contributed by atoms with E-state index in [0.717, 1.165) is 48.6 Å². The Balaban J connectivity index is 1.25. The molecule has 1 heterocycles. The van der Waals surface area contributed by atoms with Crippen LogP contribution in [0.5, 0.6) is 0 Å². The van der Waals surface area contributed by atoms with Crippen molar-refractivity contribution in [3.05, 3.63) is 24.3 Å². The number of hydrogen-bond acceptors (Lipinski definition) is 4. The molecule has 1 unspecified atom stereocenters. The third-order valence-corrected chi connectivity index (χ3v) is 11.5. The molecular formula is C29H41N3O2. The Kier molecular flexibility index (Phi) is 5.09. The predicted molar refractivity (Wildman–Crippen MR) is 133 cm³/mol. The number of para-hydroxylation sites is 1. The zero-order chi connectivity index (χ0) is 23.9. The number of hydrogen-bond donors (Lipinski definition) is 1. The van der Waals surface area contributed by atoms with Gasteiger partial charge in [0, 0.05) is 5.92 Å². The van der Waals surface area contributed by atoms with Gasteiger partial charge in [-0.1, -0.05) is 31.2 Å². The van der Waals surface area contributed by atoms with Crippen molar-refractivity contribution in [2.75, 3.05) is 0 Å². The van der Waals surface area contributed by atoms with E-state index in [1.165, 1.54) is 32.1 Å². The first-order valence-corrected chi connectivity index (χ1v) is 13.7. The Morgan fingerprint density at radius 2 is 1.76 bits per heavy atom. The van der Waals surface area contributed by atoms with Gasteiger partial charge < -0.3 is 5.11 Å². The van der Waals surface area contributed by atoms with E-state index >= 15 is 0 Å². The summed E-state index contributed by atoms with van der Waals surface area (Å²) in [5.41, 5.74) is 1.79. The summed E-state index contributed by atoms with van der Waals surface area (Å²) in [5.74, 6) is 3.28. The van der Waals surface area contributed by atoms with Crippen LogP contribution in [0.1, 0.15) is 91.5 Å². The normalized spacial score (nSPS) is 44.8. The van der Waals surface area contributed by atoms with Crippen LogP contribution in [0.2, 0.25) is 0 Å². The highest BCUT2D eigenvalue weighted by molar-refractivity contribution is 5.87. The zero-order valence-corrected chi connectivity index (χ0v) is 21.3. The van der Waals surface area contributed by atoms with Gasteiger partial charge in [-0.05, 0) is 118 Å². The second kappa shape index (κ2) is 7.62. The van der Waals surface area contributed by atoms with Crippen LogP contribution in [-0.4, -0.2) is 31.5 Å². The van der Waals surface area contributed by atoms with Crippen LogP contribution in [0.15, 0.2) is 24.3 Å². The first-order chi connectivity index (χ1) is 16.1. The molecule has 184 valence electrons. The highest BCUT2D eigenvalue weighted by atomic mass is 16.3. The summed E-state index contributed by atoms with van der Waals surface area (Å²) in [6.45, 7) is 9.05. The number of nitrogens with zero attached hydrogens (tertiary/aromatic N) is 3. The highest BCUT2D eigenvalue weighted by Crippen LogP contribution is 2.68. The van der Waals surface area contributed by atoms with Crippen LogP contribution in [0.25, 0.3) is 11.0 Å². The number of Topliss-reactive ketones (excluding diaryl/α,β-unsaturated/α-hetero) is 1. The second-order valence-electron chi connectivity index (χ2n) is 13.1. The number of aromatic nitrogens is 3. The van der Waals surface area contributed by atoms with E-state index in [1.807, 2.05) is 42.8 Å². The molecule has 0 radical (unpaired) electrons. The lowest BCUT2D eigenvalue weighted by Crippen LogP contribution is -2.55. The SMILES string of the molecule is C[C@H](C(=O)[C@H]1CC[C@H]2[C@@H]3CC[C@@H]4C[C@](C)(O)CC[C@]4(C)[C@H]3CCC12C)n1nnc2ccccc21. The fourth-order valence-corrected chi connectivity index (χ4v) is 9.48. The molecule has 1 aromatic carbocycles. The topological polar surface area (TPSA) is 68.0 Å². The average Bonchev–Trinajstić information content (AvgIpc) is 3.39. The van der Waals surface area contributed by atoms with Crippen molar-refractivity contribution in [3.8, 4) is 0 Å². The molecule has 4 aliphatic carbocycles. The smallest absolute Gasteiger partial charge is 0.160 e. The predicted octanol–water partition coefficient (Wildman–Crippen LogP) is 5.97. The van der Waals surface area contributed by atoms with E-state index in [2.05, 4.69) is 24.2 Å². The number of fused-ring (bicyclic) bond motifs is 6. The number of carbonyl (C=O) groups excluding carboxylic acids is 1. The average molecular weight is 464 g/mol. The molecule has 5 heteroatoms. The molecule has 1 aromatic heterocycles. The molecule has 9 atom stereocenters. The fraction of sp³-hybridized carbons (Fsp3) is 0.759. The number of carbonyl (C=O) groups is 1. The minimum Gasteiger partial charge on any atom is -0.390 e. The second-order valence-corrected chi connectivity index (χ2v) is 13.1. The minimum atomic E-state index is -0.479. The van der Waals surface area contributed by atoms with Crippen LogP contribution in [0.4, 0.5) is 0 Å². The quantitative estimate of drug-likeness (QED) is 0.609. The summed E-state index contributed by atoms with van der Waals surface area (Å²) < 4.78 is 1.85. The maximum atomic E-state index is 14.0. The maximum absolute atomic E-state index is 14.0. The molecule has 1 N–H and O–H groups in total. The van der Waals surface area contributed by atoms with Crippen LogP contribution in [-0.2, 0) is 4.79 Å². The van der Waals surface area contributed by atoms with E-state index in [0.29, 0.717) is 23.0 Å². The first-order valence-electron chi connectivity index (χ1n) is 13.7. The van der Waals surface area contributed by atoms with Gasteiger partial charge in [0.25, 0.3) is 0 Å². The lowest BCUT2D eigenvalue weighted by Gasteiger charge is -2.61. The van der Waals surface area contributed by atoms with Crippen molar-refractivity contribution in [2.45, 2.75) is 97.1 Å². The maximum Gasteiger partial charge on any atom is 0.160 e. The van der Waals surface area contributed by atoms with Crippen LogP contribution in [0, 0.1) is 40.4 Å². The van der Waals surface area contributed by atoms with Crippen molar-refractivity contribution >= 4 is 16.8 Å². The highest BCUT2D eigenvalue weighted by Gasteiger charge is 2.62. The van der Waals surface area contributed by atoms with Crippen LogP contribution in [0.3, 0.4) is 0 Å². The van der Waals surface area contributed by atoms with Gasteiger partial charge in [0.05, 0.1) is 11.1 Å². The molecule has 4 aliphatic rings. The molecule has 6 rings (SSSR count). The Hall–Kier alpha value is -1.75. The Morgan fingerprint density at radius 1 is 1.00 bits per heavy atom. The van der Waals surface area contributed by atoms with Crippen molar-refractivity contribution in [2.24, 2.45) is 40.4 Å². The Labute approximate surface area is 203 Å². The molecule has 0 amide bonds. The summed E-state index contributed by atoms with van der Waals surface area (Å²) in [6, 6.07) is 7.67. The van der Waals surface area contributed by atoms with Gasteiger partial charge in [0.1, 0.15) is 11.6 Å². The van der Waals surface area contributed by atoms with E-state index < -0.39 is 5.60 Å². The van der Waals surface area contributed by atoms with Gasteiger partial charge >= 0.3 is 0 Å². The molecule has 2 aromatic rings. The molecule has 0 spiro atoms. The molecule has 34 heavy (non-hydrogen) atoms. The monoisotopic (exact) mass is 463 g/mol. The lowest BCUT2D eigenvalue weighted by atomic mass is 9.44. The van der Waals surface area contributed by atoms with Crippen LogP contribution < -0.4 is 0 Å². The Morgan fingerprint density at radius 3 is 2.59 bits per heavy atom. The number of benzene rings is 1. The van der Waals surface area contributed by atoms with Crippen molar-refractivity contribution in [3.63, 3.8) is 0 Å². The van der Waals surface area contributed by atoms with Gasteiger partial charge in [-0.3, -0.25) is 4.79 Å². The molecule has 4 saturated carbocycles. The van der Waals surface area contributed by atoms with E-state index in [9.17, 15) is 9.90 Å². The van der Waals surface area contributed by atoms with Crippen molar-refractivity contribution in [1.82, 2.24) is 15.0 Å². The standard InChI is InChI=1S/C29H41N3O2/c1-18(32-25-8-6-5-7-24(25)30-31-32)26(33)23-12-11-21-20-10-9-19-17-27(2,34)15-16-28(19,3)22(20)13-14-29(21,23)4/h5-8,18-23,34H,9-17H2,1-4H3/t18-,19-,20+,21+,22+,23-,27-,28+,29?/m1/s1. The van der Waals surface area contributed by atoms with Gasteiger partial charge in [0.2, 0.25) is 0 Å². The summed E-state index contributed by atoms with van der Waals surface area (Å²) in [6.07, 6.45) is 10.2. The molecule has 4 fully saturated rings. The zero-order valence-electron chi connectivity index (χ0n) is 21.3. The summed E-state index contributed by atoms with van der Waals surface area (Å²) >= 11 is 0. The van der Waals surface area contributed by atoms with E-state index in [-0.39, 0.29) is 17.4 Å². The third-order valence-electron chi connectivity index (χ3n) is 11.5. The van der Waals surface area contributed by atoms with Crippen LogP contribution >= 0.6 is 0 Å². The molecule has 0 aliphatic heterocycles. The van der Waals surface area contributed by atoms with Crippen molar-refractivity contribution < 1.29 is 9.90 Å². The van der Waals surface area contributed by atoms with E-state index in [1.54, 1.807) is 0 Å². The fourth-order valence-electron chi connectivity index (χ4n) is 9.48. The molecular weight excluding hydrogens is 422 g/mol. The number of aliphatic hydroxyl groups is 1. The number of ketones is 1. The largest absolute Gasteiger partial charge is 0.390 e. The summed E-state index contributed by atoms with van der Waals surface area (Å²) in [4.78, 5) is 14.0. The van der Waals surface area contributed by atoms with Gasteiger partial charge in [-0.15, -0.1) is 5.10 Å².